The highest BCUT2D eigenvalue weighted by Crippen LogP contribution is 2.13. The normalized spacial score (nSPS) is 22.6. The summed E-state index contributed by atoms with van der Waals surface area (Å²) in [6, 6.07) is -0.601. The Labute approximate surface area is 113 Å². The van der Waals surface area contributed by atoms with E-state index in [2.05, 4.69) is 9.46 Å². The molecule has 0 spiro atoms. The average Bonchev–Trinajstić information content (AvgIpc) is 2.64. The van der Waals surface area contributed by atoms with Gasteiger partial charge >= 0.3 is 5.97 Å². The van der Waals surface area contributed by atoms with E-state index in [4.69, 9.17) is 0 Å². The lowest BCUT2D eigenvalue weighted by molar-refractivity contribution is -0.140. The first kappa shape index (κ1) is 16.3. The Hall–Kier alpha value is -0.710. The lowest BCUT2D eigenvalue weighted by Crippen LogP contribution is -2.44. The fourth-order valence-corrected chi connectivity index (χ4v) is 4.57. The number of carbonyl (C=O) groups excluding carboxylic acids is 1. The van der Waals surface area contributed by atoms with Crippen molar-refractivity contribution in [2.24, 2.45) is 0 Å². The Morgan fingerprint density at radius 2 is 2.11 bits per heavy atom. The van der Waals surface area contributed by atoms with Crippen LogP contribution in [0.25, 0.3) is 0 Å². The average molecular weight is 314 g/mol. The fraction of sp³-hybridized carbons (Fsp3) is 0.889. The second-order valence-corrected chi connectivity index (χ2v) is 8.41. The Kier molecular flexibility index (Phi) is 5.30. The molecular formula is C9H18N2O6S2. The summed E-state index contributed by atoms with van der Waals surface area (Å²) in [5.74, 6) is -0.700. The predicted octanol–water partition coefficient (Wildman–Crippen LogP) is -1.50. The topological polar surface area (TPSA) is 110 Å². The molecule has 0 aromatic carbocycles. The van der Waals surface area contributed by atoms with Crippen LogP contribution in [0.3, 0.4) is 0 Å². The minimum absolute atomic E-state index is 0.00788. The van der Waals surface area contributed by atoms with Gasteiger partial charge in [-0.05, 0) is 6.42 Å². The molecule has 1 aliphatic rings. The second kappa shape index (κ2) is 6.16. The Morgan fingerprint density at radius 3 is 2.58 bits per heavy atom. The summed E-state index contributed by atoms with van der Waals surface area (Å²) in [7, 11) is -4.39. The van der Waals surface area contributed by atoms with Crippen molar-refractivity contribution in [2.45, 2.75) is 18.9 Å². The van der Waals surface area contributed by atoms with Gasteiger partial charge in [0.1, 0.15) is 0 Å². The standard InChI is InChI=1S/C9H18N2O6S2/c1-11(5-3-9(12)17-2)19(15,16)10-8-4-6-18(13,14)7-8/h8,10H,3-7H2,1-2H3. The number of nitrogens with zero attached hydrogens (tertiary/aromatic N) is 1. The molecule has 10 heteroatoms. The van der Waals surface area contributed by atoms with E-state index in [0.717, 1.165) is 4.31 Å². The third-order valence-corrected chi connectivity index (χ3v) is 6.22. The molecule has 112 valence electrons. The highest BCUT2D eigenvalue weighted by molar-refractivity contribution is 7.91. The molecule has 0 amide bonds. The quantitative estimate of drug-likeness (QED) is 0.598. The molecule has 0 saturated carbocycles. The Morgan fingerprint density at radius 1 is 1.47 bits per heavy atom. The number of esters is 1. The molecule has 1 fully saturated rings. The van der Waals surface area contributed by atoms with Crippen LogP contribution in [0.15, 0.2) is 0 Å². The summed E-state index contributed by atoms with van der Waals surface area (Å²) in [6.07, 6.45) is 0.212. The molecule has 1 saturated heterocycles. The van der Waals surface area contributed by atoms with Crippen LogP contribution in [0, 0.1) is 0 Å². The Bertz CT molecular complexity index is 527. The largest absolute Gasteiger partial charge is 0.469 e. The van der Waals surface area contributed by atoms with Crippen LogP contribution in [0.1, 0.15) is 12.8 Å². The van der Waals surface area contributed by atoms with Gasteiger partial charge < -0.3 is 4.74 Å². The van der Waals surface area contributed by atoms with E-state index >= 15 is 0 Å². The van der Waals surface area contributed by atoms with E-state index in [1.165, 1.54) is 14.2 Å². The first-order chi connectivity index (χ1) is 8.66. The van der Waals surface area contributed by atoms with E-state index in [1.54, 1.807) is 0 Å². The zero-order valence-corrected chi connectivity index (χ0v) is 12.5. The number of carbonyl (C=O) groups is 1. The second-order valence-electron chi connectivity index (χ2n) is 4.37. The molecule has 0 aromatic rings. The van der Waals surface area contributed by atoms with E-state index in [-0.39, 0.29) is 30.9 Å². The van der Waals surface area contributed by atoms with Crippen molar-refractivity contribution < 1.29 is 26.4 Å². The summed E-state index contributed by atoms with van der Waals surface area (Å²) >= 11 is 0. The molecule has 1 atom stereocenters. The van der Waals surface area contributed by atoms with Crippen molar-refractivity contribution in [2.75, 3.05) is 32.2 Å². The van der Waals surface area contributed by atoms with Gasteiger partial charge in [0, 0.05) is 19.6 Å². The zero-order chi connectivity index (χ0) is 14.7. The molecule has 0 aromatic heterocycles. The lowest BCUT2D eigenvalue weighted by atomic mass is 10.3. The van der Waals surface area contributed by atoms with Gasteiger partial charge in [-0.25, -0.2) is 8.42 Å². The summed E-state index contributed by atoms with van der Waals surface area (Å²) in [5, 5.41) is 0. The number of hydrogen-bond donors (Lipinski definition) is 1. The molecule has 8 nitrogen and oxygen atoms in total. The minimum Gasteiger partial charge on any atom is -0.469 e. The predicted molar refractivity (Wildman–Crippen MR) is 68.4 cm³/mol. The SMILES string of the molecule is COC(=O)CCN(C)S(=O)(=O)NC1CCS(=O)(=O)C1. The van der Waals surface area contributed by atoms with Crippen molar-refractivity contribution in [3.05, 3.63) is 0 Å². The molecule has 1 rings (SSSR count). The van der Waals surface area contributed by atoms with Crippen molar-refractivity contribution in [3.8, 4) is 0 Å². The molecule has 1 aliphatic heterocycles. The van der Waals surface area contributed by atoms with Gasteiger partial charge in [0.15, 0.2) is 9.84 Å². The van der Waals surface area contributed by atoms with Crippen LogP contribution in [-0.2, 0) is 29.6 Å². The van der Waals surface area contributed by atoms with Crippen molar-refractivity contribution in [3.63, 3.8) is 0 Å². The van der Waals surface area contributed by atoms with Crippen LogP contribution < -0.4 is 4.72 Å². The number of hydrogen-bond acceptors (Lipinski definition) is 6. The maximum absolute atomic E-state index is 11.9. The summed E-state index contributed by atoms with van der Waals surface area (Å²) in [6.45, 7) is -0.0263. The number of nitrogens with one attached hydrogen (secondary N) is 1. The van der Waals surface area contributed by atoms with Gasteiger partial charge in [0.2, 0.25) is 0 Å². The third-order valence-electron chi connectivity index (χ3n) is 2.82. The molecule has 19 heavy (non-hydrogen) atoms. The number of rotatable bonds is 6. The van der Waals surface area contributed by atoms with Gasteiger partial charge in [0.25, 0.3) is 10.2 Å². The summed E-state index contributed by atoms with van der Waals surface area (Å²) in [5.41, 5.74) is 0. The first-order valence-corrected chi connectivity index (χ1v) is 8.93. The van der Waals surface area contributed by atoms with Crippen molar-refractivity contribution in [1.82, 2.24) is 9.03 Å². The number of sulfone groups is 1. The third kappa shape index (κ3) is 5.05. The summed E-state index contributed by atoms with van der Waals surface area (Å²) < 4.78 is 53.9. The molecule has 1 unspecified atom stereocenters. The number of ether oxygens (including phenoxy) is 1. The van der Waals surface area contributed by atoms with E-state index in [0.29, 0.717) is 0 Å². The van der Waals surface area contributed by atoms with Crippen LogP contribution in [0.2, 0.25) is 0 Å². The van der Waals surface area contributed by atoms with Crippen LogP contribution in [0.5, 0.6) is 0 Å². The molecule has 0 aliphatic carbocycles. The maximum atomic E-state index is 11.9. The van der Waals surface area contributed by atoms with Crippen molar-refractivity contribution >= 4 is 26.0 Å². The van der Waals surface area contributed by atoms with Crippen LogP contribution in [0.4, 0.5) is 0 Å². The smallest absolute Gasteiger partial charge is 0.306 e. The van der Waals surface area contributed by atoms with E-state index < -0.39 is 32.1 Å². The molecule has 0 bridgehead atoms. The highest BCUT2D eigenvalue weighted by atomic mass is 32.2. The minimum atomic E-state index is -3.79. The van der Waals surface area contributed by atoms with Gasteiger partial charge in [-0.3, -0.25) is 4.79 Å². The van der Waals surface area contributed by atoms with Crippen LogP contribution >= 0.6 is 0 Å². The van der Waals surface area contributed by atoms with Gasteiger partial charge in [-0.15, -0.1) is 0 Å². The van der Waals surface area contributed by atoms with Gasteiger partial charge in [-0.2, -0.15) is 17.4 Å². The Balaban J connectivity index is 2.54. The van der Waals surface area contributed by atoms with E-state index in [1.807, 2.05) is 0 Å². The maximum Gasteiger partial charge on any atom is 0.306 e. The molecular weight excluding hydrogens is 296 g/mol. The van der Waals surface area contributed by atoms with Gasteiger partial charge in [0.05, 0.1) is 25.0 Å². The highest BCUT2D eigenvalue weighted by Gasteiger charge is 2.32. The molecule has 1 N–H and O–H groups in total. The van der Waals surface area contributed by atoms with Crippen molar-refractivity contribution in [1.29, 1.82) is 0 Å². The molecule has 1 heterocycles. The monoisotopic (exact) mass is 314 g/mol. The first-order valence-electron chi connectivity index (χ1n) is 5.67. The van der Waals surface area contributed by atoms with Crippen LogP contribution in [-0.4, -0.2) is 65.4 Å². The van der Waals surface area contributed by atoms with Gasteiger partial charge in [-0.1, -0.05) is 0 Å². The van der Waals surface area contributed by atoms with E-state index in [9.17, 15) is 21.6 Å². The lowest BCUT2D eigenvalue weighted by Gasteiger charge is -2.19. The zero-order valence-electron chi connectivity index (χ0n) is 10.8. The fourth-order valence-electron chi connectivity index (χ4n) is 1.66. The summed E-state index contributed by atoms with van der Waals surface area (Å²) in [4.78, 5) is 10.9. The molecule has 0 radical (unpaired) electrons. The number of methoxy groups -OCH3 is 1.